The van der Waals surface area contributed by atoms with Crippen molar-refractivity contribution in [1.29, 1.82) is 0 Å². The number of aryl methyl sites for hydroxylation is 2. The third-order valence-electron chi connectivity index (χ3n) is 4.33. The molecule has 0 saturated carbocycles. The average Bonchev–Trinajstić information content (AvgIpc) is 3.12. The minimum Gasteiger partial charge on any atom is -0.270 e. The van der Waals surface area contributed by atoms with Crippen molar-refractivity contribution in [2.75, 3.05) is 0 Å². The van der Waals surface area contributed by atoms with E-state index in [1.807, 2.05) is 12.3 Å². The molecular weight excluding hydrogens is 352 g/mol. The first-order valence-electron chi connectivity index (χ1n) is 8.82. The molecule has 2 heterocycles. The molecule has 0 aliphatic heterocycles. The number of benzene rings is 2. The second-order valence-electron chi connectivity index (χ2n) is 6.49. The van der Waals surface area contributed by atoms with Crippen LogP contribution in [0.15, 0.2) is 78.2 Å². The van der Waals surface area contributed by atoms with Gasteiger partial charge in [0, 0.05) is 29.4 Å². The standard InChI is InChI=1S/C22H20N4S/c1-16-5-9-19(10-6-16)21-24-25-22(27-15-18-4-3-13-23-14-18)26(21)20-11-7-17(2)8-12-20/h3-14H,15H2,1-2H3. The number of rotatable bonds is 5. The summed E-state index contributed by atoms with van der Waals surface area (Å²) < 4.78 is 2.13. The van der Waals surface area contributed by atoms with Crippen LogP contribution in [0.3, 0.4) is 0 Å². The van der Waals surface area contributed by atoms with Crippen molar-refractivity contribution in [1.82, 2.24) is 19.7 Å². The topological polar surface area (TPSA) is 43.6 Å². The maximum Gasteiger partial charge on any atom is 0.196 e. The molecule has 2 aromatic carbocycles. The lowest BCUT2D eigenvalue weighted by atomic mass is 10.1. The van der Waals surface area contributed by atoms with Crippen molar-refractivity contribution in [3.8, 4) is 17.1 Å². The molecule has 4 rings (SSSR count). The van der Waals surface area contributed by atoms with Crippen LogP contribution in [0.1, 0.15) is 16.7 Å². The zero-order valence-electron chi connectivity index (χ0n) is 15.3. The highest BCUT2D eigenvalue weighted by molar-refractivity contribution is 7.98. The quantitative estimate of drug-likeness (QED) is 0.450. The molecule has 0 aliphatic carbocycles. The van der Waals surface area contributed by atoms with E-state index in [9.17, 15) is 0 Å². The zero-order valence-corrected chi connectivity index (χ0v) is 16.1. The van der Waals surface area contributed by atoms with E-state index in [4.69, 9.17) is 0 Å². The van der Waals surface area contributed by atoms with Gasteiger partial charge < -0.3 is 0 Å². The summed E-state index contributed by atoms with van der Waals surface area (Å²) in [6.45, 7) is 4.18. The monoisotopic (exact) mass is 372 g/mol. The molecule has 0 aliphatic rings. The van der Waals surface area contributed by atoms with Gasteiger partial charge in [-0.05, 0) is 37.6 Å². The van der Waals surface area contributed by atoms with Crippen molar-refractivity contribution in [2.24, 2.45) is 0 Å². The molecule has 5 heteroatoms. The van der Waals surface area contributed by atoms with Crippen LogP contribution in [0.2, 0.25) is 0 Å². The van der Waals surface area contributed by atoms with Gasteiger partial charge in [0.2, 0.25) is 0 Å². The number of aromatic nitrogens is 4. The Hall–Kier alpha value is -2.92. The van der Waals surface area contributed by atoms with Gasteiger partial charge >= 0.3 is 0 Å². The normalized spacial score (nSPS) is 10.9. The van der Waals surface area contributed by atoms with E-state index in [0.29, 0.717) is 0 Å². The number of nitrogens with zero attached hydrogens (tertiary/aromatic N) is 4. The molecule has 4 nitrogen and oxygen atoms in total. The smallest absolute Gasteiger partial charge is 0.196 e. The fraction of sp³-hybridized carbons (Fsp3) is 0.136. The molecule has 2 aromatic heterocycles. The van der Waals surface area contributed by atoms with Gasteiger partial charge in [0.05, 0.1) is 0 Å². The van der Waals surface area contributed by atoms with E-state index in [2.05, 4.69) is 88.2 Å². The Bertz CT molecular complexity index is 1020. The molecule has 0 amide bonds. The Labute approximate surface area is 163 Å². The molecule has 0 atom stereocenters. The lowest BCUT2D eigenvalue weighted by molar-refractivity contribution is 0.885. The SMILES string of the molecule is Cc1ccc(-c2nnc(SCc3cccnc3)n2-c2ccc(C)cc2)cc1. The predicted molar refractivity (Wildman–Crippen MR) is 110 cm³/mol. The molecule has 134 valence electrons. The Balaban J connectivity index is 1.74. The summed E-state index contributed by atoms with van der Waals surface area (Å²) in [5.41, 5.74) is 5.74. The molecule has 0 fully saturated rings. The lowest BCUT2D eigenvalue weighted by Crippen LogP contribution is -2.00. The number of hydrogen-bond donors (Lipinski definition) is 0. The second-order valence-corrected chi connectivity index (χ2v) is 7.44. The summed E-state index contributed by atoms with van der Waals surface area (Å²) in [7, 11) is 0. The summed E-state index contributed by atoms with van der Waals surface area (Å²) in [6.07, 6.45) is 3.68. The van der Waals surface area contributed by atoms with Crippen molar-refractivity contribution in [3.63, 3.8) is 0 Å². The zero-order chi connectivity index (χ0) is 18.6. The van der Waals surface area contributed by atoms with Crippen molar-refractivity contribution in [3.05, 3.63) is 89.7 Å². The molecular formula is C22H20N4S. The molecule has 0 unspecified atom stereocenters. The first-order valence-corrected chi connectivity index (χ1v) is 9.80. The van der Waals surface area contributed by atoms with Gasteiger partial charge in [0.25, 0.3) is 0 Å². The van der Waals surface area contributed by atoms with Gasteiger partial charge in [-0.25, -0.2) is 0 Å². The third kappa shape index (κ3) is 3.93. The van der Waals surface area contributed by atoms with Crippen LogP contribution in [-0.4, -0.2) is 19.7 Å². The van der Waals surface area contributed by atoms with E-state index in [-0.39, 0.29) is 0 Å². The highest BCUT2D eigenvalue weighted by Crippen LogP contribution is 2.29. The molecule has 4 aromatic rings. The van der Waals surface area contributed by atoms with Crippen LogP contribution in [0.4, 0.5) is 0 Å². The molecule has 0 radical (unpaired) electrons. The number of hydrogen-bond acceptors (Lipinski definition) is 4. The van der Waals surface area contributed by atoms with Crippen molar-refractivity contribution >= 4 is 11.8 Å². The Morgan fingerprint density at radius 2 is 1.56 bits per heavy atom. The fourth-order valence-electron chi connectivity index (χ4n) is 2.81. The second kappa shape index (κ2) is 7.76. The van der Waals surface area contributed by atoms with Gasteiger partial charge in [0.1, 0.15) is 0 Å². The number of pyridine rings is 1. The van der Waals surface area contributed by atoms with Crippen LogP contribution in [0.25, 0.3) is 17.1 Å². The highest BCUT2D eigenvalue weighted by atomic mass is 32.2. The fourth-order valence-corrected chi connectivity index (χ4v) is 3.70. The predicted octanol–water partition coefficient (Wildman–Crippen LogP) is 5.24. The summed E-state index contributed by atoms with van der Waals surface area (Å²) in [6, 6.07) is 20.9. The summed E-state index contributed by atoms with van der Waals surface area (Å²) in [4.78, 5) is 4.19. The highest BCUT2D eigenvalue weighted by Gasteiger charge is 2.16. The van der Waals surface area contributed by atoms with Gasteiger partial charge in [-0.1, -0.05) is 65.4 Å². The molecule has 27 heavy (non-hydrogen) atoms. The largest absolute Gasteiger partial charge is 0.270 e. The molecule has 0 spiro atoms. The van der Waals surface area contributed by atoms with Gasteiger partial charge in [0.15, 0.2) is 11.0 Å². The van der Waals surface area contributed by atoms with Crippen LogP contribution in [0.5, 0.6) is 0 Å². The van der Waals surface area contributed by atoms with E-state index >= 15 is 0 Å². The lowest BCUT2D eigenvalue weighted by Gasteiger charge is -2.11. The van der Waals surface area contributed by atoms with Crippen LogP contribution < -0.4 is 0 Å². The Kier molecular flexibility index (Phi) is 5.03. The minimum absolute atomic E-state index is 0.797. The maximum atomic E-state index is 4.50. The van der Waals surface area contributed by atoms with Crippen LogP contribution in [-0.2, 0) is 5.75 Å². The van der Waals surface area contributed by atoms with E-state index in [1.54, 1.807) is 18.0 Å². The van der Waals surface area contributed by atoms with Crippen LogP contribution in [0, 0.1) is 13.8 Å². The van der Waals surface area contributed by atoms with Gasteiger partial charge in [-0.2, -0.15) is 0 Å². The first-order chi connectivity index (χ1) is 13.2. The third-order valence-corrected chi connectivity index (χ3v) is 5.33. The Morgan fingerprint density at radius 1 is 0.852 bits per heavy atom. The van der Waals surface area contributed by atoms with Crippen molar-refractivity contribution < 1.29 is 0 Å². The Morgan fingerprint density at radius 3 is 2.22 bits per heavy atom. The molecule has 0 bridgehead atoms. The van der Waals surface area contributed by atoms with E-state index in [0.717, 1.165) is 33.5 Å². The summed E-state index contributed by atoms with van der Waals surface area (Å²) in [5.74, 6) is 1.65. The van der Waals surface area contributed by atoms with Gasteiger partial charge in [-0.3, -0.25) is 9.55 Å². The number of thioether (sulfide) groups is 1. The summed E-state index contributed by atoms with van der Waals surface area (Å²) in [5, 5.41) is 9.86. The van der Waals surface area contributed by atoms with Crippen molar-refractivity contribution in [2.45, 2.75) is 24.8 Å². The molecule has 0 N–H and O–H groups in total. The van der Waals surface area contributed by atoms with Crippen LogP contribution >= 0.6 is 11.8 Å². The average molecular weight is 372 g/mol. The maximum absolute atomic E-state index is 4.50. The first kappa shape index (κ1) is 17.5. The minimum atomic E-state index is 0.797. The van der Waals surface area contributed by atoms with E-state index in [1.165, 1.54) is 11.1 Å². The van der Waals surface area contributed by atoms with E-state index < -0.39 is 0 Å². The summed E-state index contributed by atoms with van der Waals surface area (Å²) >= 11 is 1.67. The van der Waals surface area contributed by atoms with Gasteiger partial charge in [-0.15, -0.1) is 10.2 Å². The molecule has 0 saturated heterocycles.